The molecule has 0 saturated carbocycles. The lowest BCUT2D eigenvalue weighted by Gasteiger charge is -2.48. The van der Waals surface area contributed by atoms with Crippen LogP contribution in [0.25, 0.3) is 0 Å². The molecule has 1 fully saturated rings. The van der Waals surface area contributed by atoms with E-state index in [-0.39, 0.29) is 18.4 Å². The van der Waals surface area contributed by atoms with Crippen LogP contribution in [0.3, 0.4) is 0 Å². The van der Waals surface area contributed by atoms with E-state index in [9.17, 15) is 14.7 Å². The van der Waals surface area contributed by atoms with Crippen LogP contribution >= 0.6 is 0 Å². The first-order valence-corrected chi connectivity index (χ1v) is 6.75. The molecule has 1 aliphatic heterocycles. The second kappa shape index (κ2) is 5.73. The van der Waals surface area contributed by atoms with Gasteiger partial charge in [0.25, 0.3) is 5.91 Å². The van der Waals surface area contributed by atoms with Crippen LogP contribution in [0.4, 0.5) is 0 Å². The molecule has 20 heavy (non-hydrogen) atoms. The Bertz CT molecular complexity index is 493. The van der Waals surface area contributed by atoms with Gasteiger partial charge in [-0.25, -0.2) is 0 Å². The lowest BCUT2D eigenvalue weighted by atomic mass is 9.83. The summed E-state index contributed by atoms with van der Waals surface area (Å²) in [6, 6.07) is 8.62. The third kappa shape index (κ3) is 3.23. The van der Waals surface area contributed by atoms with Crippen molar-refractivity contribution in [3.63, 3.8) is 0 Å². The molecule has 108 valence electrons. The van der Waals surface area contributed by atoms with Crippen molar-refractivity contribution in [1.29, 1.82) is 0 Å². The number of imide groups is 1. The Balaban J connectivity index is 1.79. The van der Waals surface area contributed by atoms with E-state index in [4.69, 9.17) is 0 Å². The van der Waals surface area contributed by atoms with E-state index in [1.165, 1.54) is 0 Å². The zero-order chi connectivity index (χ0) is 14.8. The summed E-state index contributed by atoms with van der Waals surface area (Å²) >= 11 is 0. The van der Waals surface area contributed by atoms with Gasteiger partial charge >= 0.3 is 0 Å². The van der Waals surface area contributed by atoms with Crippen molar-refractivity contribution < 1.29 is 14.7 Å². The van der Waals surface area contributed by atoms with Crippen LogP contribution in [0.1, 0.15) is 24.2 Å². The summed E-state index contributed by atoms with van der Waals surface area (Å²) in [7, 11) is 0. The second-order valence-corrected chi connectivity index (χ2v) is 5.65. The molecule has 0 unspecified atom stereocenters. The highest BCUT2D eigenvalue weighted by molar-refractivity contribution is 6.05. The quantitative estimate of drug-likeness (QED) is 0.847. The number of hydrogen-bond donors (Lipinski definition) is 2. The van der Waals surface area contributed by atoms with Crippen molar-refractivity contribution in [2.75, 3.05) is 19.6 Å². The summed E-state index contributed by atoms with van der Waals surface area (Å²) < 4.78 is 0. The Morgan fingerprint density at radius 2 is 1.90 bits per heavy atom. The van der Waals surface area contributed by atoms with Gasteiger partial charge in [0, 0.05) is 18.7 Å². The van der Waals surface area contributed by atoms with E-state index >= 15 is 0 Å². The molecule has 0 radical (unpaired) electrons. The summed E-state index contributed by atoms with van der Waals surface area (Å²) in [6.45, 7) is 4.98. The molecular formula is C15H20N2O3. The van der Waals surface area contributed by atoms with Gasteiger partial charge in [-0.1, -0.05) is 32.0 Å². The predicted octanol–water partition coefficient (Wildman–Crippen LogP) is 0.646. The maximum absolute atomic E-state index is 11.8. The van der Waals surface area contributed by atoms with Crippen LogP contribution in [0, 0.1) is 5.92 Å². The fourth-order valence-electron chi connectivity index (χ4n) is 2.24. The minimum Gasteiger partial charge on any atom is -0.387 e. The Morgan fingerprint density at radius 1 is 1.30 bits per heavy atom. The Labute approximate surface area is 118 Å². The predicted molar refractivity (Wildman–Crippen MR) is 75.1 cm³/mol. The Hall–Kier alpha value is -1.72. The number of nitrogens with zero attached hydrogens (tertiary/aromatic N) is 1. The van der Waals surface area contributed by atoms with Crippen LogP contribution in [-0.2, 0) is 4.79 Å². The molecule has 0 bridgehead atoms. The molecule has 0 atom stereocenters. The smallest absolute Gasteiger partial charge is 0.257 e. The molecule has 2 amide bonds. The number of rotatable bonds is 4. The second-order valence-electron chi connectivity index (χ2n) is 5.65. The Morgan fingerprint density at radius 3 is 2.45 bits per heavy atom. The lowest BCUT2D eigenvalue weighted by Crippen LogP contribution is -2.65. The highest BCUT2D eigenvalue weighted by Gasteiger charge is 2.43. The molecule has 1 aromatic carbocycles. The van der Waals surface area contributed by atoms with Crippen LogP contribution in [0.2, 0.25) is 0 Å². The average molecular weight is 276 g/mol. The van der Waals surface area contributed by atoms with Crippen molar-refractivity contribution in [3.05, 3.63) is 35.9 Å². The number of amides is 2. The van der Waals surface area contributed by atoms with Crippen LogP contribution in [0.5, 0.6) is 0 Å². The third-order valence-electron chi connectivity index (χ3n) is 3.73. The normalized spacial score (nSPS) is 17.6. The van der Waals surface area contributed by atoms with Gasteiger partial charge in [-0.05, 0) is 18.1 Å². The summed E-state index contributed by atoms with van der Waals surface area (Å²) in [5.74, 6) is -0.576. The topological polar surface area (TPSA) is 69.6 Å². The molecule has 1 aromatic rings. The molecule has 2 N–H and O–H groups in total. The van der Waals surface area contributed by atoms with Gasteiger partial charge in [-0.3, -0.25) is 19.8 Å². The number of likely N-dealkylation sites (tertiary alicyclic amines) is 1. The number of nitrogens with one attached hydrogen (secondary N) is 1. The number of β-amino-alcohol motifs (C(OH)–C–C–N with tert-alkyl or cyclic N) is 1. The average Bonchev–Trinajstić information content (AvgIpc) is 2.37. The van der Waals surface area contributed by atoms with Crippen molar-refractivity contribution in [1.82, 2.24) is 10.2 Å². The molecule has 5 nitrogen and oxygen atoms in total. The van der Waals surface area contributed by atoms with Gasteiger partial charge in [0.15, 0.2) is 0 Å². The first-order valence-electron chi connectivity index (χ1n) is 6.75. The standard InChI is InChI=1S/C15H20N2O3/c1-11(2)15(20)9-17(10-15)8-13(18)16-14(19)12-6-4-3-5-7-12/h3-7,11,20H,8-10H2,1-2H3,(H,16,18,19). The van der Waals surface area contributed by atoms with E-state index in [1.807, 2.05) is 24.8 Å². The van der Waals surface area contributed by atoms with E-state index < -0.39 is 11.5 Å². The van der Waals surface area contributed by atoms with Gasteiger partial charge in [-0.2, -0.15) is 0 Å². The number of benzene rings is 1. The molecule has 5 heteroatoms. The maximum atomic E-state index is 11.8. The SMILES string of the molecule is CC(C)C1(O)CN(CC(=O)NC(=O)c2ccccc2)C1. The molecule has 1 aliphatic rings. The molecule has 2 rings (SSSR count). The highest BCUT2D eigenvalue weighted by atomic mass is 16.3. The maximum Gasteiger partial charge on any atom is 0.257 e. The fourth-order valence-corrected chi connectivity index (χ4v) is 2.24. The van der Waals surface area contributed by atoms with Gasteiger partial charge in [0.05, 0.1) is 12.1 Å². The van der Waals surface area contributed by atoms with Gasteiger partial charge < -0.3 is 5.11 Å². The van der Waals surface area contributed by atoms with Crippen LogP contribution in [-0.4, -0.2) is 47.1 Å². The van der Waals surface area contributed by atoms with E-state index in [0.717, 1.165) is 0 Å². The van der Waals surface area contributed by atoms with Crippen LogP contribution in [0.15, 0.2) is 30.3 Å². The first-order chi connectivity index (χ1) is 9.40. The van der Waals surface area contributed by atoms with E-state index in [2.05, 4.69) is 5.32 Å². The minimum absolute atomic E-state index is 0.133. The largest absolute Gasteiger partial charge is 0.387 e. The Kier molecular flexibility index (Phi) is 4.20. The van der Waals surface area contributed by atoms with Crippen molar-refractivity contribution in [2.24, 2.45) is 5.92 Å². The van der Waals surface area contributed by atoms with E-state index in [1.54, 1.807) is 24.3 Å². The summed E-state index contributed by atoms with van der Waals surface area (Å²) in [5.41, 5.74) is -0.243. The van der Waals surface area contributed by atoms with Crippen LogP contribution < -0.4 is 5.32 Å². The van der Waals surface area contributed by atoms with Crippen molar-refractivity contribution in [3.8, 4) is 0 Å². The summed E-state index contributed by atoms with van der Waals surface area (Å²) in [6.07, 6.45) is 0. The number of carbonyl (C=O) groups is 2. The highest BCUT2D eigenvalue weighted by Crippen LogP contribution is 2.27. The number of aliphatic hydroxyl groups is 1. The summed E-state index contributed by atoms with van der Waals surface area (Å²) in [4.78, 5) is 25.4. The fraction of sp³-hybridized carbons (Fsp3) is 0.467. The molecule has 0 aliphatic carbocycles. The first kappa shape index (κ1) is 14.7. The van der Waals surface area contributed by atoms with E-state index in [0.29, 0.717) is 18.7 Å². The lowest BCUT2D eigenvalue weighted by molar-refractivity contribution is -0.141. The molecule has 0 spiro atoms. The molecule has 1 saturated heterocycles. The zero-order valence-corrected chi connectivity index (χ0v) is 11.8. The zero-order valence-electron chi connectivity index (χ0n) is 11.8. The molecule has 0 aromatic heterocycles. The van der Waals surface area contributed by atoms with Gasteiger partial charge in [0.1, 0.15) is 0 Å². The minimum atomic E-state index is -0.705. The van der Waals surface area contributed by atoms with Crippen molar-refractivity contribution >= 4 is 11.8 Å². The number of hydrogen-bond acceptors (Lipinski definition) is 4. The van der Waals surface area contributed by atoms with Gasteiger partial charge in [-0.15, -0.1) is 0 Å². The molecule has 1 heterocycles. The van der Waals surface area contributed by atoms with Gasteiger partial charge in [0.2, 0.25) is 5.91 Å². The number of carbonyl (C=O) groups excluding carboxylic acids is 2. The summed E-state index contributed by atoms with van der Waals surface area (Å²) in [5, 5.41) is 12.4. The molecular weight excluding hydrogens is 256 g/mol. The third-order valence-corrected chi connectivity index (χ3v) is 3.73. The monoisotopic (exact) mass is 276 g/mol. The van der Waals surface area contributed by atoms with Crippen molar-refractivity contribution in [2.45, 2.75) is 19.4 Å².